The molecular formula is C13H19ClN2. The van der Waals surface area contributed by atoms with Crippen LogP contribution in [0.15, 0.2) is 41.4 Å². The number of hydrogen-bond donors (Lipinski definition) is 1. The summed E-state index contributed by atoms with van der Waals surface area (Å²) in [5.41, 5.74) is 6.87. The molecule has 3 heteroatoms. The lowest BCUT2D eigenvalue weighted by atomic mass is 10.2. The molecule has 0 aliphatic carbocycles. The molecule has 88 valence electrons. The molecule has 0 aliphatic heterocycles. The highest BCUT2D eigenvalue weighted by atomic mass is 35.5. The van der Waals surface area contributed by atoms with E-state index in [1.807, 2.05) is 42.5 Å². The van der Waals surface area contributed by atoms with Gasteiger partial charge in [0.2, 0.25) is 0 Å². The summed E-state index contributed by atoms with van der Waals surface area (Å²) < 4.78 is 0. The second kappa shape index (κ2) is 7.94. The van der Waals surface area contributed by atoms with Crippen molar-refractivity contribution in [2.75, 3.05) is 6.54 Å². The van der Waals surface area contributed by atoms with Gasteiger partial charge in [-0.2, -0.15) is 0 Å². The predicted octanol–water partition coefficient (Wildman–Crippen LogP) is 3.13. The molecule has 2 nitrogen and oxygen atoms in total. The fraction of sp³-hybridized carbons (Fsp3) is 0.308. The Kier molecular flexibility index (Phi) is 7.31. The van der Waals surface area contributed by atoms with Crippen LogP contribution < -0.4 is 5.73 Å². The van der Waals surface area contributed by atoms with Crippen LogP contribution in [0.25, 0.3) is 6.08 Å². The maximum absolute atomic E-state index is 5.73. The van der Waals surface area contributed by atoms with Crippen LogP contribution in [-0.4, -0.2) is 12.4 Å². The average Bonchev–Trinajstić information content (AvgIpc) is 2.25. The minimum Gasteiger partial charge on any atom is -0.384 e. The van der Waals surface area contributed by atoms with Crippen LogP contribution in [0.2, 0.25) is 0 Å². The van der Waals surface area contributed by atoms with Gasteiger partial charge in [0.25, 0.3) is 0 Å². The Bertz CT molecular complexity index is 342. The van der Waals surface area contributed by atoms with E-state index in [4.69, 9.17) is 5.73 Å². The Morgan fingerprint density at radius 2 is 1.94 bits per heavy atom. The van der Waals surface area contributed by atoms with Gasteiger partial charge < -0.3 is 5.73 Å². The predicted molar refractivity (Wildman–Crippen MR) is 74.1 cm³/mol. The van der Waals surface area contributed by atoms with Crippen molar-refractivity contribution < 1.29 is 0 Å². The van der Waals surface area contributed by atoms with Crippen molar-refractivity contribution in [3.63, 3.8) is 0 Å². The summed E-state index contributed by atoms with van der Waals surface area (Å²) in [5.74, 6) is 1.14. The summed E-state index contributed by atoms with van der Waals surface area (Å²) in [4.78, 5) is 4.25. The zero-order valence-electron chi connectivity index (χ0n) is 9.76. The zero-order chi connectivity index (χ0) is 11.1. The fourth-order valence-electron chi connectivity index (χ4n) is 1.09. The number of nitrogens with zero attached hydrogens (tertiary/aromatic N) is 1. The van der Waals surface area contributed by atoms with Gasteiger partial charge in [-0.1, -0.05) is 50.3 Å². The first kappa shape index (κ1) is 14.7. The normalized spacial score (nSPS) is 11.8. The molecular weight excluding hydrogens is 220 g/mol. The largest absolute Gasteiger partial charge is 0.384 e. The molecule has 0 saturated carbocycles. The van der Waals surface area contributed by atoms with Gasteiger partial charge in [-0.15, -0.1) is 12.4 Å². The van der Waals surface area contributed by atoms with Crippen LogP contribution in [0, 0.1) is 5.92 Å². The number of halogens is 1. The number of rotatable bonds is 4. The highest BCUT2D eigenvalue weighted by Gasteiger charge is 1.90. The molecule has 0 saturated heterocycles. The first-order chi connectivity index (χ1) is 7.18. The van der Waals surface area contributed by atoms with E-state index in [9.17, 15) is 0 Å². The molecule has 1 rings (SSSR count). The van der Waals surface area contributed by atoms with E-state index >= 15 is 0 Å². The molecule has 0 fully saturated rings. The highest BCUT2D eigenvalue weighted by molar-refractivity contribution is 5.95. The Morgan fingerprint density at radius 1 is 1.31 bits per heavy atom. The fourth-order valence-corrected chi connectivity index (χ4v) is 1.09. The molecule has 2 N–H and O–H groups in total. The summed E-state index contributed by atoms with van der Waals surface area (Å²) in [6.07, 6.45) is 3.82. The SMILES string of the molecule is CC(C)CN=C(N)/C=C/c1ccccc1.Cl. The summed E-state index contributed by atoms with van der Waals surface area (Å²) in [6, 6.07) is 10.1. The van der Waals surface area contributed by atoms with E-state index in [1.165, 1.54) is 0 Å². The van der Waals surface area contributed by atoms with Crippen molar-refractivity contribution in [3.05, 3.63) is 42.0 Å². The third-order valence-electron chi connectivity index (χ3n) is 1.89. The van der Waals surface area contributed by atoms with E-state index in [-0.39, 0.29) is 12.4 Å². The van der Waals surface area contributed by atoms with E-state index in [0.717, 1.165) is 12.1 Å². The van der Waals surface area contributed by atoms with Crippen LogP contribution in [-0.2, 0) is 0 Å². The summed E-state index contributed by atoms with van der Waals surface area (Å²) in [5, 5.41) is 0. The first-order valence-electron chi connectivity index (χ1n) is 5.21. The van der Waals surface area contributed by atoms with E-state index < -0.39 is 0 Å². The maximum Gasteiger partial charge on any atom is 0.118 e. The second-order valence-corrected chi connectivity index (χ2v) is 3.90. The molecule has 0 amide bonds. The number of amidine groups is 1. The topological polar surface area (TPSA) is 38.4 Å². The molecule has 0 atom stereocenters. The van der Waals surface area contributed by atoms with E-state index in [1.54, 1.807) is 0 Å². The smallest absolute Gasteiger partial charge is 0.118 e. The highest BCUT2D eigenvalue weighted by Crippen LogP contribution is 2.00. The third kappa shape index (κ3) is 6.25. The monoisotopic (exact) mass is 238 g/mol. The van der Waals surface area contributed by atoms with Crippen LogP contribution in [0.1, 0.15) is 19.4 Å². The van der Waals surface area contributed by atoms with E-state index in [0.29, 0.717) is 11.8 Å². The van der Waals surface area contributed by atoms with Crippen molar-refractivity contribution in [3.8, 4) is 0 Å². The number of benzene rings is 1. The molecule has 0 bridgehead atoms. The molecule has 1 aromatic rings. The van der Waals surface area contributed by atoms with Crippen LogP contribution in [0.3, 0.4) is 0 Å². The lowest BCUT2D eigenvalue weighted by Gasteiger charge is -1.98. The van der Waals surface area contributed by atoms with Gasteiger partial charge >= 0.3 is 0 Å². The first-order valence-corrected chi connectivity index (χ1v) is 5.21. The molecule has 0 unspecified atom stereocenters. The van der Waals surface area contributed by atoms with Gasteiger partial charge in [0, 0.05) is 6.54 Å². The van der Waals surface area contributed by atoms with Crippen molar-refractivity contribution in [1.29, 1.82) is 0 Å². The number of aliphatic imine (C=N–C) groups is 1. The van der Waals surface area contributed by atoms with Crippen LogP contribution in [0.5, 0.6) is 0 Å². The van der Waals surface area contributed by atoms with Gasteiger partial charge in [-0.3, -0.25) is 4.99 Å². The van der Waals surface area contributed by atoms with E-state index in [2.05, 4.69) is 18.8 Å². The van der Waals surface area contributed by atoms with Gasteiger partial charge in [0.05, 0.1) is 0 Å². The molecule has 1 aromatic carbocycles. The molecule has 0 spiro atoms. The minimum absolute atomic E-state index is 0. The van der Waals surface area contributed by atoms with Crippen LogP contribution in [0.4, 0.5) is 0 Å². The molecule has 0 heterocycles. The Labute approximate surface area is 104 Å². The lowest BCUT2D eigenvalue weighted by Crippen LogP contribution is -2.09. The van der Waals surface area contributed by atoms with Crippen LogP contribution >= 0.6 is 12.4 Å². The van der Waals surface area contributed by atoms with Crippen molar-refractivity contribution in [2.24, 2.45) is 16.6 Å². The van der Waals surface area contributed by atoms with Gasteiger partial charge in [-0.05, 0) is 17.6 Å². The standard InChI is InChI=1S/C13H18N2.ClH/c1-11(2)10-15-13(14)9-8-12-6-4-3-5-7-12;/h3-9,11H,10H2,1-2H3,(H2,14,15);1H/b9-8+;. The van der Waals surface area contributed by atoms with Crippen molar-refractivity contribution >= 4 is 24.3 Å². The van der Waals surface area contributed by atoms with Gasteiger partial charge in [0.1, 0.15) is 5.84 Å². The Morgan fingerprint density at radius 3 is 2.50 bits per heavy atom. The Balaban J connectivity index is 0.00000225. The minimum atomic E-state index is 0. The third-order valence-corrected chi connectivity index (χ3v) is 1.89. The molecule has 0 aromatic heterocycles. The summed E-state index contributed by atoms with van der Waals surface area (Å²) >= 11 is 0. The van der Waals surface area contributed by atoms with Gasteiger partial charge in [-0.25, -0.2) is 0 Å². The lowest BCUT2D eigenvalue weighted by molar-refractivity contribution is 0.665. The molecule has 0 radical (unpaired) electrons. The quantitative estimate of drug-likeness (QED) is 0.635. The number of hydrogen-bond acceptors (Lipinski definition) is 1. The molecule has 0 aliphatic rings. The van der Waals surface area contributed by atoms with Crippen molar-refractivity contribution in [2.45, 2.75) is 13.8 Å². The van der Waals surface area contributed by atoms with Gasteiger partial charge in [0.15, 0.2) is 0 Å². The molecule has 16 heavy (non-hydrogen) atoms. The zero-order valence-corrected chi connectivity index (χ0v) is 10.6. The Hall–Kier alpha value is -1.28. The average molecular weight is 239 g/mol. The maximum atomic E-state index is 5.73. The summed E-state index contributed by atoms with van der Waals surface area (Å²) in [7, 11) is 0. The summed E-state index contributed by atoms with van der Waals surface area (Å²) in [6.45, 7) is 5.03. The number of nitrogens with two attached hydrogens (primary N) is 1. The second-order valence-electron chi connectivity index (χ2n) is 3.90. The van der Waals surface area contributed by atoms with Crippen molar-refractivity contribution in [1.82, 2.24) is 0 Å².